The molecule has 2 N–H and O–H groups in total. The minimum atomic E-state index is -4.16. The van der Waals surface area contributed by atoms with Crippen LogP contribution in [-0.2, 0) is 14.8 Å². The van der Waals surface area contributed by atoms with Gasteiger partial charge in [-0.2, -0.15) is 4.72 Å². The normalized spacial score (nSPS) is 13.1. The van der Waals surface area contributed by atoms with Crippen LogP contribution in [0.1, 0.15) is 19.8 Å². The highest BCUT2D eigenvalue weighted by Gasteiger charge is 2.29. The van der Waals surface area contributed by atoms with Gasteiger partial charge in [0.1, 0.15) is 10.3 Å². The number of carboxylic acids is 1. The van der Waals surface area contributed by atoms with Crippen LogP contribution in [0.15, 0.2) is 10.3 Å². The Kier molecular flexibility index (Phi) is 5.45. The molecule has 0 aliphatic heterocycles. The molecule has 20 heavy (non-hydrogen) atoms. The quantitative estimate of drug-likeness (QED) is 0.575. The highest BCUT2D eigenvalue weighted by atomic mass is 35.5. The van der Waals surface area contributed by atoms with Crippen LogP contribution >= 0.6 is 22.9 Å². The molecule has 0 unspecified atom stereocenters. The fourth-order valence-electron chi connectivity index (χ4n) is 1.36. The Labute approximate surface area is 123 Å². The van der Waals surface area contributed by atoms with Crippen molar-refractivity contribution < 1.29 is 23.2 Å². The first-order chi connectivity index (χ1) is 9.19. The molecule has 1 aromatic rings. The van der Waals surface area contributed by atoms with E-state index < -0.39 is 36.9 Å². The largest absolute Gasteiger partial charge is 0.480 e. The van der Waals surface area contributed by atoms with Gasteiger partial charge in [-0.15, -0.1) is 11.3 Å². The molecule has 112 valence electrons. The lowest BCUT2D eigenvalue weighted by Gasteiger charge is -2.12. The number of carbonyl (C=O) groups is 1. The van der Waals surface area contributed by atoms with E-state index in [0.29, 0.717) is 17.8 Å². The number of nitro groups is 1. The maximum Gasteiger partial charge on any atom is 0.321 e. The van der Waals surface area contributed by atoms with Crippen LogP contribution in [0.2, 0.25) is 4.34 Å². The number of rotatable bonds is 7. The van der Waals surface area contributed by atoms with Crippen LogP contribution < -0.4 is 4.72 Å². The zero-order valence-electron chi connectivity index (χ0n) is 10.2. The van der Waals surface area contributed by atoms with Gasteiger partial charge in [0.2, 0.25) is 0 Å². The van der Waals surface area contributed by atoms with Gasteiger partial charge in [-0.3, -0.25) is 14.9 Å². The van der Waals surface area contributed by atoms with Crippen LogP contribution in [0.4, 0.5) is 5.69 Å². The third-order valence-corrected chi connectivity index (χ3v) is 5.56. The molecular formula is C9H11ClN2O6S2. The lowest BCUT2D eigenvalue weighted by Crippen LogP contribution is -2.40. The number of hydrogen-bond acceptors (Lipinski definition) is 6. The molecule has 0 aliphatic rings. The Morgan fingerprint density at radius 3 is 2.65 bits per heavy atom. The van der Waals surface area contributed by atoms with Crippen molar-refractivity contribution in [2.24, 2.45) is 0 Å². The Balaban J connectivity index is 3.07. The molecule has 0 aromatic carbocycles. The molecule has 0 radical (unpaired) electrons. The summed E-state index contributed by atoms with van der Waals surface area (Å²) in [5.74, 6) is -1.31. The minimum Gasteiger partial charge on any atom is -0.480 e. The third-order valence-electron chi connectivity index (χ3n) is 2.28. The first kappa shape index (κ1) is 16.8. The predicted molar refractivity (Wildman–Crippen MR) is 72.6 cm³/mol. The number of thiophene rings is 1. The number of carboxylic acid groups (broad SMARTS) is 1. The second kappa shape index (κ2) is 6.48. The molecule has 8 nitrogen and oxygen atoms in total. The third kappa shape index (κ3) is 3.88. The zero-order valence-corrected chi connectivity index (χ0v) is 12.6. The monoisotopic (exact) mass is 342 g/mol. The highest BCUT2D eigenvalue weighted by molar-refractivity contribution is 7.91. The van der Waals surface area contributed by atoms with Crippen LogP contribution in [0.3, 0.4) is 0 Å². The Morgan fingerprint density at radius 2 is 2.25 bits per heavy atom. The molecule has 0 aliphatic carbocycles. The van der Waals surface area contributed by atoms with E-state index in [1.54, 1.807) is 6.92 Å². The fourth-order valence-corrected chi connectivity index (χ4v) is 4.27. The summed E-state index contributed by atoms with van der Waals surface area (Å²) >= 11 is 6.08. The Hall–Kier alpha value is -1.23. The molecule has 11 heteroatoms. The molecule has 1 atom stereocenters. The second-order valence-electron chi connectivity index (χ2n) is 3.78. The average Bonchev–Trinajstić information content (AvgIpc) is 2.71. The number of sulfonamides is 1. The van der Waals surface area contributed by atoms with Gasteiger partial charge in [-0.05, 0) is 6.42 Å². The summed E-state index contributed by atoms with van der Waals surface area (Å²) in [4.78, 5) is 20.7. The molecule has 1 rings (SSSR count). The first-order valence-corrected chi connectivity index (χ1v) is 8.05. The van der Waals surface area contributed by atoms with Crippen molar-refractivity contribution in [2.75, 3.05) is 0 Å². The maximum atomic E-state index is 12.0. The van der Waals surface area contributed by atoms with Crippen molar-refractivity contribution in [3.05, 3.63) is 20.5 Å². The van der Waals surface area contributed by atoms with Gasteiger partial charge >= 0.3 is 5.97 Å². The van der Waals surface area contributed by atoms with Crippen molar-refractivity contribution >= 4 is 44.6 Å². The lowest BCUT2D eigenvalue weighted by molar-refractivity contribution is -0.384. The summed E-state index contributed by atoms with van der Waals surface area (Å²) in [5.41, 5.74) is -0.528. The van der Waals surface area contributed by atoms with Gasteiger partial charge in [0.15, 0.2) is 4.34 Å². The Morgan fingerprint density at radius 1 is 1.65 bits per heavy atom. The van der Waals surface area contributed by atoms with E-state index in [-0.39, 0.29) is 10.8 Å². The van der Waals surface area contributed by atoms with E-state index in [1.165, 1.54) is 0 Å². The standard InChI is InChI=1S/C9H11ClN2O6S2/c1-2-3-5(9(13)14)11-20(17,18)7-4-6(12(15)16)8(10)19-7/h4-5,11H,2-3H2,1H3,(H,13,14)/t5-/m1/s1. The van der Waals surface area contributed by atoms with Crippen LogP contribution in [0, 0.1) is 10.1 Å². The van der Waals surface area contributed by atoms with Crippen LogP contribution in [-0.4, -0.2) is 30.5 Å². The van der Waals surface area contributed by atoms with E-state index in [1.807, 2.05) is 4.72 Å². The van der Waals surface area contributed by atoms with Gasteiger partial charge in [-0.1, -0.05) is 24.9 Å². The lowest BCUT2D eigenvalue weighted by atomic mass is 10.2. The Bertz CT molecular complexity index is 626. The highest BCUT2D eigenvalue weighted by Crippen LogP contribution is 2.36. The summed E-state index contributed by atoms with van der Waals surface area (Å²) in [7, 11) is -4.16. The smallest absolute Gasteiger partial charge is 0.321 e. The van der Waals surface area contributed by atoms with Crippen molar-refractivity contribution in [3.63, 3.8) is 0 Å². The molecule has 1 aromatic heterocycles. The average molecular weight is 343 g/mol. The van der Waals surface area contributed by atoms with E-state index in [2.05, 4.69) is 0 Å². The fraction of sp³-hybridized carbons (Fsp3) is 0.444. The molecule has 0 saturated heterocycles. The van der Waals surface area contributed by atoms with Crippen molar-refractivity contribution in [3.8, 4) is 0 Å². The van der Waals surface area contributed by atoms with Crippen molar-refractivity contribution in [1.29, 1.82) is 0 Å². The topological polar surface area (TPSA) is 127 Å². The van der Waals surface area contributed by atoms with Gasteiger partial charge < -0.3 is 5.11 Å². The summed E-state index contributed by atoms with van der Waals surface area (Å²) < 4.78 is 25.2. The number of halogens is 1. The minimum absolute atomic E-state index is 0.107. The molecule has 0 amide bonds. The SMILES string of the molecule is CCC[C@@H](NS(=O)(=O)c1cc([N+](=O)[O-])c(Cl)s1)C(=O)O. The summed E-state index contributed by atoms with van der Waals surface area (Å²) in [6.45, 7) is 1.71. The number of aliphatic carboxylic acids is 1. The molecule has 1 heterocycles. The van der Waals surface area contributed by atoms with Gasteiger partial charge in [0.05, 0.1) is 4.92 Å². The maximum absolute atomic E-state index is 12.0. The summed E-state index contributed by atoms with van der Waals surface area (Å²) in [6, 6.07) is -0.481. The van der Waals surface area contributed by atoms with E-state index in [4.69, 9.17) is 16.7 Å². The molecule has 0 bridgehead atoms. The molecule has 0 fully saturated rings. The molecular weight excluding hydrogens is 332 g/mol. The summed E-state index contributed by atoms with van der Waals surface area (Å²) in [5, 5.41) is 19.5. The van der Waals surface area contributed by atoms with Crippen molar-refractivity contribution in [1.82, 2.24) is 4.72 Å². The predicted octanol–water partition coefficient (Wildman–Crippen LogP) is 1.84. The molecule has 0 saturated carbocycles. The van der Waals surface area contributed by atoms with E-state index in [9.17, 15) is 23.3 Å². The zero-order chi connectivity index (χ0) is 15.5. The van der Waals surface area contributed by atoms with Crippen LogP contribution in [0.25, 0.3) is 0 Å². The first-order valence-electron chi connectivity index (χ1n) is 5.38. The number of nitrogens with one attached hydrogen (secondary N) is 1. The molecule has 0 spiro atoms. The van der Waals surface area contributed by atoms with E-state index in [0.717, 1.165) is 6.07 Å². The van der Waals surface area contributed by atoms with Gasteiger partial charge in [0.25, 0.3) is 15.7 Å². The van der Waals surface area contributed by atoms with Crippen molar-refractivity contribution in [2.45, 2.75) is 30.0 Å². The summed E-state index contributed by atoms with van der Waals surface area (Å²) in [6.07, 6.45) is 0.570. The number of hydrogen-bond donors (Lipinski definition) is 2. The van der Waals surface area contributed by atoms with E-state index >= 15 is 0 Å². The van der Waals surface area contributed by atoms with Crippen LogP contribution in [0.5, 0.6) is 0 Å². The second-order valence-corrected chi connectivity index (χ2v) is 7.38. The number of nitrogens with zero attached hydrogens (tertiary/aromatic N) is 1. The van der Waals surface area contributed by atoms with Gasteiger partial charge in [-0.25, -0.2) is 8.42 Å². The van der Waals surface area contributed by atoms with Gasteiger partial charge in [0, 0.05) is 6.07 Å².